The van der Waals surface area contributed by atoms with Gasteiger partial charge in [0.15, 0.2) is 11.5 Å². The van der Waals surface area contributed by atoms with E-state index >= 15 is 0 Å². The lowest BCUT2D eigenvalue weighted by Crippen LogP contribution is -2.35. The van der Waals surface area contributed by atoms with Gasteiger partial charge in [0.25, 0.3) is 0 Å². The van der Waals surface area contributed by atoms with E-state index in [-0.39, 0.29) is 12.8 Å². The highest BCUT2D eigenvalue weighted by Crippen LogP contribution is 2.59. The summed E-state index contributed by atoms with van der Waals surface area (Å²) in [5.74, 6) is 2.46. The van der Waals surface area contributed by atoms with Gasteiger partial charge >= 0.3 is 0 Å². The molecule has 24 heavy (non-hydrogen) atoms. The third-order valence-corrected chi connectivity index (χ3v) is 5.49. The van der Waals surface area contributed by atoms with E-state index in [0.29, 0.717) is 17.2 Å². The minimum absolute atomic E-state index is 0.186. The largest absolute Gasteiger partial charge is 0.507 e. The van der Waals surface area contributed by atoms with E-state index < -0.39 is 0 Å². The van der Waals surface area contributed by atoms with Gasteiger partial charge in [-0.3, -0.25) is 4.90 Å². The second-order valence-corrected chi connectivity index (χ2v) is 6.63. The smallest absolute Gasteiger partial charge is 0.231 e. The summed E-state index contributed by atoms with van der Waals surface area (Å²) in [7, 11) is 3.84. The number of hydrogen-bond donors (Lipinski definition) is 1. The summed E-state index contributed by atoms with van der Waals surface area (Å²) < 4.78 is 17.2. The standard InChI is InChI=1S/C19H19NO4/c1-20-7-6-11-15-12(20)8-10-4-3-5-13(21)14(10)16(15)18-19(17(11)22-2)24-9-23-18/h3-5,12,21H,6-9H2,1-2H3/t12-/m1/s1. The SMILES string of the molecule is COc1c2c3c(c4c1OCO4)-c1c(O)cccc1C[C@H]3N(C)CC2. The van der Waals surface area contributed by atoms with Crippen LogP contribution in [0.5, 0.6) is 23.0 Å². The molecule has 2 aromatic carbocycles. The monoisotopic (exact) mass is 325 g/mol. The molecule has 0 aromatic heterocycles. The van der Waals surface area contributed by atoms with E-state index in [1.807, 2.05) is 6.07 Å². The number of phenols is 1. The average Bonchev–Trinajstić information content (AvgIpc) is 3.06. The van der Waals surface area contributed by atoms with Crippen molar-refractivity contribution in [2.24, 2.45) is 0 Å². The third-order valence-electron chi connectivity index (χ3n) is 5.49. The molecule has 124 valence electrons. The molecule has 0 amide bonds. The number of rotatable bonds is 1. The van der Waals surface area contributed by atoms with Crippen LogP contribution < -0.4 is 14.2 Å². The Bertz CT molecular complexity index is 861. The van der Waals surface area contributed by atoms with Crippen LogP contribution in [-0.2, 0) is 12.8 Å². The summed E-state index contributed by atoms with van der Waals surface area (Å²) in [5, 5.41) is 10.6. The van der Waals surface area contributed by atoms with Gasteiger partial charge in [-0.15, -0.1) is 0 Å². The fraction of sp³-hybridized carbons (Fsp3) is 0.368. The second kappa shape index (κ2) is 4.80. The van der Waals surface area contributed by atoms with Crippen molar-refractivity contribution in [1.82, 2.24) is 4.90 Å². The van der Waals surface area contributed by atoms with E-state index in [0.717, 1.165) is 41.8 Å². The number of phenolic OH excluding ortho intramolecular Hbond substituents is 1. The quantitative estimate of drug-likeness (QED) is 0.874. The minimum atomic E-state index is 0.186. The lowest BCUT2D eigenvalue weighted by molar-refractivity contribution is 0.171. The van der Waals surface area contributed by atoms with Crippen LogP contribution in [0, 0.1) is 0 Å². The molecule has 2 aliphatic heterocycles. The van der Waals surface area contributed by atoms with Gasteiger partial charge in [-0.25, -0.2) is 0 Å². The van der Waals surface area contributed by atoms with Crippen LogP contribution in [0.3, 0.4) is 0 Å². The van der Waals surface area contributed by atoms with E-state index in [1.165, 1.54) is 11.1 Å². The van der Waals surface area contributed by atoms with Gasteiger partial charge in [0.05, 0.1) is 7.11 Å². The predicted octanol–water partition coefficient (Wildman–Crippen LogP) is 2.88. The third kappa shape index (κ3) is 1.62. The molecule has 0 fully saturated rings. The van der Waals surface area contributed by atoms with Gasteiger partial charge in [-0.05, 0) is 37.1 Å². The van der Waals surface area contributed by atoms with Gasteiger partial charge in [-0.2, -0.15) is 0 Å². The summed E-state index contributed by atoms with van der Waals surface area (Å²) in [6, 6.07) is 6.00. The van der Waals surface area contributed by atoms with Crippen molar-refractivity contribution >= 4 is 0 Å². The summed E-state index contributed by atoms with van der Waals surface area (Å²) in [5.41, 5.74) is 5.42. The van der Waals surface area contributed by atoms with Crippen molar-refractivity contribution in [3.8, 4) is 34.1 Å². The first-order valence-electron chi connectivity index (χ1n) is 8.24. The Morgan fingerprint density at radius 2 is 2.04 bits per heavy atom. The number of ether oxygens (including phenoxy) is 3. The molecule has 2 aromatic rings. The molecule has 2 heterocycles. The van der Waals surface area contributed by atoms with Crippen molar-refractivity contribution in [2.75, 3.05) is 27.5 Å². The Morgan fingerprint density at radius 3 is 2.88 bits per heavy atom. The molecular formula is C19H19NO4. The molecule has 0 unspecified atom stereocenters. The molecule has 0 spiro atoms. The topological polar surface area (TPSA) is 51.2 Å². The van der Waals surface area contributed by atoms with E-state index in [9.17, 15) is 5.11 Å². The van der Waals surface area contributed by atoms with E-state index in [2.05, 4.69) is 18.0 Å². The molecule has 0 saturated heterocycles. The molecule has 1 N–H and O–H groups in total. The first-order valence-corrected chi connectivity index (χ1v) is 8.24. The maximum Gasteiger partial charge on any atom is 0.231 e. The van der Waals surface area contributed by atoms with Crippen LogP contribution in [0.15, 0.2) is 18.2 Å². The van der Waals surface area contributed by atoms with Crippen LogP contribution in [0.1, 0.15) is 22.7 Å². The lowest BCUT2D eigenvalue weighted by atomic mass is 9.76. The molecule has 0 radical (unpaired) electrons. The average molecular weight is 325 g/mol. The van der Waals surface area contributed by atoms with Crippen molar-refractivity contribution in [3.05, 3.63) is 34.9 Å². The lowest BCUT2D eigenvalue weighted by Gasteiger charge is -2.40. The number of hydrogen-bond acceptors (Lipinski definition) is 5. The Hall–Kier alpha value is -2.40. The zero-order chi connectivity index (χ0) is 16.4. The molecule has 0 bridgehead atoms. The summed E-state index contributed by atoms with van der Waals surface area (Å²) >= 11 is 0. The van der Waals surface area contributed by atoms with Gasteiger partial charge < -0.3 is 19.3 Å². The number of nitrogens with zero attached hydrogens (tertiary/aromatic N) is 1. The summed E-state index contributed by atoms with van der Waals surface area (Å²) in [6.07, 6.45) is 1.78. The normalized spacial score (nSPS) is 20.5. The second-order valence-electron chi connectivity index (χ2n) is 6.63. The van der Waals surface area contributed by atoms with Crippen molar-refractivity contribution in [2.45, 2.75) is 18.9 Å². The van der Waals surface area contributed by atoms with Crippen molar-refractivity contribution in [3.63, 3.8) is 0 Å². The highest BCUT2D eigenvalue weighted by atomic mass is 16.7. The van der Waals surface area contributed by atoms with Gasteiger partial charge in [0, 0.05) is 29.3 Å². The summed E-state index contributed by atoms with van der Waals surface area (Å²) in [6.45, 7) is 1.16. The number of benzene rings is 2. The van der Waals surface area contributed by atoms with Crippen molar-refractivity contribution < 1.29 is 19.3 Å². The van der Waals surface area contributed by atoms with Crippen LogP contribution >= 0.6 is 0 Å². The van der Waals surface area contributed by atoms with Crippen molar-refractivity contribution in [1.29, 1.82) is 0 Å². The molecule has 1 atom stereocenters. The fourth-order valence-electron chi connectivity index (χ4n) is 4.42. The zero-order valence-electron chi connectivity index (χ0n) is 13.8. The molecular weight excluding hydrogens is 306 g/mol. The van der Waals surface area contributed by atoms with E-state index in [4.69, 9.17) is 14.2 Å². The molecule has 0 saturated carbocycles. The van der Waals surface area contributed by atoms with Crippen LogP contribution in [-0.4, -0.2) is 37.5 Å². The van der Waals surface area contributed by atoms with Crippen LogP contribution in [0.2, 0.25) is 0 Å². The van der Waals surface area contributed by atoms with Crippen LogP contribution in [0.25, 0.3) is 11.1 Å². The van der Waals surface area contributed by atoms with Gasteiger partial charge in [0.1, 0.15) is 5.75 Å². The highest BCUT2D eigenvalue weighted by molar-refractivity contribution is 5.89. The molecule has 5 nitrogen and oxygen atoms in total. The Labute approximate surface area is 140 Å². The number of aromatic hydroxyl groups is 1. The minimum Gasteiger partial charge on any atom is -0.507 e. The fourth-order valence-corrected chi connectivity index (χ4v) is 4.42. The Balaban J connectivity index is 1.93. The molecule has 1 aliphatic carbocycles. The molecule has 5 heteroatoms. The van der Waals surface area contributed by atoms with Gasteiger partial charge in [-0.1, -0.05) is 12.1 Å². The van der Waals surface area contributed by atoms with Gasteiger partial charge in [0.2, 0.25) is 12.5 Å². The van der Waals surface area contributed by atoms with Crippen LogP contribution in [0.4, 0.5) is 0 Å². The molecule has 3 aliphatic rings. The molecule has 5 rings (SSSR count). The highest BCUT2D eigenvalue weighted by Gasteiger charge is 2.41. The predicted molar refractivity (Wildman–Crippen MR) is 89.0 cm³/mol. The summed E-state index contributed by atoms with van der Waals surface area (Å²) in [4.78, 5) is 2.38. The first-order chi connectivity index (χ1) is 11.7. The first kappa shape index (κ1) is 14.0. The Morgan fingerprint density at radius 1 is 1.21 bits per heavy atom. The maximum atomic E-state index is 10.6. The number of fused-ring (bicyclic) bond motifs is 4. The van der Waals surface area contributed by atoms with E-state index in [1.54, 1.807) is 13.2 Å². The Kier molecular flexibility index (Phi) is 2.80. The number of methoxy groups -OCH3 is 1. The zero-order valence-corrected chi connectivity index (χ0v) is 13.8. The number of likely N-dealkylation sites (N-methyl/N-ethyl adjacent to an activating group) is 1. The maximum absolute atomic E-state index is 10.6.